The van der Waals surface area contributed by atoms with Crippen LogP contribution in [0.4, 0.5) is 4.39 Å². The molecule has 4 heteroatoms. The molecule has 13 heavy (non-hydrogen) atoms. The van der Waals surface area contributed by atoms with Gasteiger partial charge in [0.05, 0.1) is 6.20 Å². The van der Waals surface area contributed by atoms with Crippen molar-refractivity contribution < 1.29 is 8.81 Å². The highest BCUT2D eigenvalue weighted by atomic mass is 19.1. The molecular weight excluding hydrogens is 171 g/mol. The first-order chi connectivity index (χ1) is 6.38. The number of rotatable bonds is 3. The van der Waals surface area contributed by atoms with E-state index in [1.807, 2.05) is 0 Å². The minimum absolute atomic E-state index is 0.334. The van der Waals surface area contributed by atoms with E-state index in [1.54, 1.807) is 0 Å². The van der Waals surface area contributed by atoms with Crippen molar-refractivity contribution in [2.75, 3.05) is 13.1 Å². The molecule has 1 fully saturated rings. The molecule has 0 aliphatic carbocycles. The molecule has 0 saturated carbocycles. The van der Waals surface area contributed by atoms with Crippen LogP contribution >= 0.6 is 0 Å². The summed E-state index contributed by atoms with van der Waals surface area (Å²) in [4.78, 5) is 4.02. The van der Waals surface area contributed by atoms with Crippen molar-refractivity contribution in [3.63, 3.8) is 0 Å². The molecule has 1 aromatic rings. The quantitative estimate of drug-likeness (QED) is 0.769. The van der Waals surface area contributed by atoms with Crippen molar-refractivity contribution in [2.24, 2.45) is 5.92 Å². The average Bonchev–Trinajstić information content (AvgIpc) is 2.76. The Kier molecular flexibility index (Phi) is 2.59. The maximum atomic E-state index is 12.1. The summed E-state index contributed by atoms with van der Waals surface area (Å²) in [5.41, 5.74) is 0. The van der Waals surface area contributed by atoms with Crippen molar-refractivity contribution in [2.45, 2.75) is 19.5 Å². The van der Waals surface area contributed by atoms with E-state index < -0.39 is 6.67 Å². The number of hydrogen-bond acceptors (Lipinski definition) is 3. The van der Waals surface area contributed by atoms with Gasteiger partial charge in [0.15, 0.2) is 11.7 Å². The van der Waals surface area contributed by atoms with Gasteiger partial charge in [-0.15, -0.1) is 0 Å². The molecule has 2 rings (SSSR count). The molecule has 0 spiro atoms. The minimum atomic E-state index is -0.560. The molecule has 1 N–H and O–H groups in total. The van der Waals surface area contributed by atoms with Gasteiger partial charge < -0.3 is 9.73 Å². The summed E-state index contributed by atoms with van der Waals surface area (Å²) in [7, 11) is 0. The van der Waals surface area contributed by atoms with Crippen LogP contribution in [-0.2, 0) is 13.1 Å². The standard InChI is InChI=1S/C9H13FN2O/c10-4-8-6-12-9(13-8)3-7-1-2-11-5-7/h6-7,11H,1-5H2. The first-order valence-electron chi connectivity index (χ1n) is 4.58. The zero-order valence-electron chi connectivity index (χ0n) is 7.42. The molecule has 1 atom stereocenters. The zero-order valence-corrected chi connectivity index (χ0v) is 7.42. The van der Waals surface area contributed by atoms with E-state index >= 15 is 0 Å². The monoisotopic (exact) mass is 184 g/mol. The van der Waals surface area contributed by atoms with E-state index in [1.165, 1.54) is 6.20 Å². The summed E-state index contributed by atoms with van der Waals surface area (Å²) in [6.45, 7) is 1.53. The summed E-state index contributed by atoms with van der Waals surface area (Å²) in [5.74, 6) is 1.61. The second-order valence-electron chi connectivity index (χ2n) is 3.42. The maximum absolute atomic E-state index is 12.1. The number of aromatic nitrogens is 1. The summed E-state index contributed by atoms with van der Waals surface area (Å²) in [5, 5.41) is 3.27. The maximum Gasteiger partial charge on any atom is 0.194 e. The van der Waals surface area contributed by atoms with Gasteiger partial charge in [0, 0.05) is 6.42 Å². The van der Waals surface area contributed by atoms with E-state index in [0.717, 1.165) is 25.9 Å². The summed E-state index contributed by atoms with van der Waals surface area (Å²) in [6.07, 6.45) is 3.46. The van der Waals surface area contributed by atoms with Crippen LogP contribution in [0.15, 0.2) is 10.6 Å². The van der Waals surface area contributed by atoms with E-state index in [4.69, 9.17) is 4.42 Å². The largest absolute Gasteiger partial charge is 0.443 e. The highest BCUT2D eigenvalue weighted by Crippen LogP contribution is 2.15. The molecule has 0 aromatic carbocycles. The van der Waals surface area contributed by atoms with Crippen molar-refractivity contribution in [1.29, 1.82) is 0 Å². The third-order valence-electron chi connectivity index (χ3n) is 2.36. The predicted octanol–water partition coefficient (Wildman–Crippen LogP) is 1.30. The fourth-order valence-corrected chi connectivity index (χ4v) is 1.64. The third kappa shape index (κ3) is 2.06. The molecule has 2 heterocycles. The summed E-state index contributed by atoms with van der Waals surface area (Å²) >= 11 is 0. The average molecular weight is 184 g/mol. The Hall–Kier alpha value is -0.900. The Labute approximate surface area is 76.3 Å². The molecule has 1 aliphatic heterocycles. The van der Waals surface area contributed by atoms with Crippen LogP contribution in [0.5, 0.6) is 0 Å². The lowest BCUT2D eigenvalue weighted by Gasteiger charge is -2.02. The molecular formula is C9H13FN2O. The lowest BCUT2D eigenvalue weighted by Crippen LogP contribution is -2.10. The second kappa shape index (κ2) is 3.87. The van der Waals surface area contributed by atoms with Crippen molar-refractivity contribution in [3.05, 3.63) is 17.8 Å². The van der Waals surface area contributed by atoms with Gasteiger partial charge in [-0.1, -0.05) is 0 Å². The van der Waals surface area contributed by atoms with E-state index in [-0.39, 0.29) is 0 Å². The highest BCUT2D eigenvalue weighted by molar-refractivity contribution is 4.94. The van der Waals surface area contributed by atoms with Crippen LogP contribution < -0.4 is 5.32 Å². The number of oxazole rings is 1. The van der Waals surface area contributed by atoms with Crippen LogP contribution in [0, 0.1) is 5.92 Å². The van der Waals surface area contributed by atoms with Crippen LogP contribution in [0.3, 0.4) is 0 Å². The van der Waals surface area contributed by atoms with Gasteiger partial charge in [0.1, 0.15) is 6.67 Å². The van der Waals surface area contributed by atoms with E-state index in [2.05, 4.69) is 10.3 Å². The molecule has 1 aromatic heterocycles. The van der Waals surface area contributed by atoms with Crippen molar-refractivity contribution in [1.82, 2.24) is 10.3 Å². The number of halogens is 1. The molecule has 0 radical (unpaired) electrons. The second-order valence-corrected chi connectivity index (χ2v) is 3.42. The van der Waals surface area contributed by atoms with Crippen LogP contribution in [0.25, 0.3) is 0 Å². The number of hydrogen-bond donors (Lipinski definition) is 1. The van der Waals surface area contributed by atoms with E-state index in [0.29, 0.717) is 17.6 Å². The molecule has 0 bridgehead atoms. The molecule has 3 nitrogen and oxygen atoms in total. The van der Waals surface area contributed by atoms with Gasteiger partial charge in [-0.3, -0.25) is 0 Å². The smallest absolute Gasteiger partial charge is 0.194 e. The van der Waals surface area contributed by atoms with Gasteiger partial charge in [0.2, 0.25) is 0 Å². The Bertz CT molecular complexity index is 268. The minimum Gasteiger partial charge on any atom is -0.443 e. The SMILES string of the molecule is FCc1cnc(CC2CCNC2)o1. The van der Waals surface area contributed by atoms with Crippen molar-refractivity contribution >= 4 is 0 Å². The molecule has 0 amide bonds. The summed E-state index contributed by atoms with van der Waals surface area (Å²) < 4.78 is 17.3. The molecule has 1 saturated heterocycles. The van der Waals surface area contributed by atoms with E-state index in [9.17, 15) is 4.39 Å². The van der Waals surface area contributed by atoms with Crippen molar-refractivity contribution in [3.8, 4) is 0 Å². The number of alkyl halides is 1. The van der Waals surface area contributed by atoms with Gasteiger partial charge in [-0.05, 0) is 25.4 Å². The van der Waals surface area contributed by atoms with Gasteiger partial charge in [0.25, 0.3) is 0 Å². The lowest BCUT2D eigenvalue weighted by molar-refractivity contribution is 0.362. The summed E-state index contributed by atoms with van der Waals surface area (Å²) in [6, 6.07) is 0. The Morgan fingerprint density at radius 3 is 3.23 bits per heavy atom. The highest BCUT2D eigenvalue weighted by Gasteiger charge is 2.17. The van der Waals surface area contributed by atoms with Crippen LogP contribution in [0.2, 0.25) is 0 Å². The third-order valence-corrected chi connectivity index (χ3v) is 2.36. The normalized spacial score (nSPS) is 22.4. The lowest BCUT2D eigenvalue weighted by atomic mass is 10.1. The first-order valence-corrected chi connectivity index (χ1v) is 4.58. The number of nitrogens with one attached hydrogen (secondary N) is 1. The van der Waals surface area contributed by atoms with Gasteiger partial charge >= 0.3 is 0 Å². The first kappa shape index (κ1) is 8.69. The van der Waals surface area contributed by atoms with Crippen LogP contribution in [-0.4, -0.2) is 18.1 Å². The Morgan fingerprint density at radius 2 is 2.62 bits per heavy atom. The topological polar surface area (TPSA) is 38.1 Å². The predicted molar refractivity (Wildman–Crippen MR) is 46.0 cm³/mol. The molecule has 1 unspecified atom stereocenters. The fourth-order valence-electron chi connectivity index (χ4n) is 1.64. The van der Waals surface area contributed by atoms with Gasteiger partial charge in [-0.2, -0.15) is 0 Å². The fraction of sp³-hybridized carbons (Fsp3) is 0.667. The Balaban J connectivity index is 1.92. The molecule has 72 valence electrons. The molecule has 1 aliphatic rings. The number of nitrogens with zero attached hydrogens (tertiary/aromatic N) is 1. The van der Waals surface area contributed by atoms with Gasteiger partial charge in [-0.25, -0.2) is 9.37 Å². The Morgan fingerprint density at radius 1 is 1.69 bits per heavy atom. The zero-order chi connectivity index (χ0) is 9.10. The van der Waals surface area contributed by atoms with Crippen LogP contribution in [0.1, 0.15) is 18.1 Å².